The first-order valence-corrected chi connectivity index (χ1v) is 3.44. The lowest BCUT2D eigenvalue weighted by Gasteiger charge is -1.76. The van der Waals surface area contributed by atoms with Gasteiger partial charge in [0.2, 0.25) is 0 Å². The van der Waals surface area contributed by atoms with Crippen LogP contribution in [0, 0.1) is 0 Å². The van der Waals surface area contributed by atoms with Gasteiger partial charge in [0, 0.05) is 6.07 Å². The molecule has 0 aliphatic rings. The van der Waals surface area contributed by atoms with Gasteiger partial charge in [-0.2, -0.15) is 0 Å². The average molecular weight is 186 g/mol. The van der Waals surface area contributed by atoms with Crippen LogP contribution in [0.25, 0.3) is 6.08 Å². The lowest BCUT2D eigenvalue weighted by Crippen LogP contribution is -1.99. The molecular weight excluding hydrogens is 180 g/mol. The molecule has 0 fully saturated rings. The monoisotopic (exact) mass is 185 g/mol. The van der Waals surface area contributed by atoms with Crippen LogP contribution in [0.1, 0.15) is 5.69 Å². The Kier molecular flexibility index (Phi) is 2.39. The molecule has 1 rings (SSSR count). The molecule has 1 aromatic heterocycles. The summed E-state index contributed by atoms with van der Waals surface area (Å²) in [6.45, 7) is 0. The van der Waals surface area contributed by atoms with Crippen molar-refractivity contribution in [2.75, 3.05) is 0 Å². The molecule has 0 radical (unpaired) electrons. The van der Waals surface area contributed by atoms with Crippen molar-refractivity contribution < 1.29 is 4.98 Å². The van der Waals surface area contributed by atoms with Gasteiger partial charge in [-0.3, -0.25) is 4.98 Å². The van der Waals surface area contributed by atoms with E-state index in [0.29, 0.717) is 0 Å². The normalized spacial score (nSPS) is 10.3. The lowest BCUT2D eigenvalue weighted by atomic mass is 10.4. The lowest BCUT2D eigenvalue weighted by molar-refractivity contribution is -0.382. The van der Waals surface area contributed by atoms with Crippen LogP contribution < -0.4 is 4.98 Å². The third-order valence-corrected chi connectivity index (χ3v) is 1.14. The number of hydrogen-bond acceptors (Lipinski definition) is 1. The maximum absolute atomic E-state index is 4.00. The van der Waals surface area contributed by atoms with Crippen LogP contribution in [-0.4, -0.2) is 4.98 Å². The molecule has 1 heterocycles. The van der Waals surface area contributed by atoms with Gasteiger partial charge in [0.15, 0.2) is 5.69 Å². The molecule has 0 bridgehead atoms. The molecule has 46 valence electrons. The van der Waals surface area contributed by atoms with E-state index in [1.54, 1.807) is 11.3 Å². The second-order valence-electron chi connectivity index (χ2n) is 1.48. The Hall–Kier alpha value is -0.700. The number of aromatic amines is 1. The van der Waals surface area contributed by atoms with Gasteiger partial charge in [-0.05, 0) is 16.0 Å². The van der Waals surface area contributed by atoms with E-state index in [-0.39, 0.29) is 0 Å². The predicted octanol–water partition coefficient (Wildman–Crippen LogP) is 1.26. The maximum atomic E-state index is 4.00. The number of nitrogens with zero attached hydrogens (tertiary/aromatic N) is 1. The van der Waals surface area contributed by atoms with Crippen LogP contribution in [0.3, 0.4) is 0 Å². The third-order valence-electron chi connectivity index (χ3n) is 0.872. The number of aromatic nitrogens is 2. The van der Waals surface area contributed by atoms with Crippen molar-refractivity contribution in [2.45, 2.75) is 0 Å². The molecule has 0 saturated heterocycles. The zero-order valence-electron chi connectivity index (χ0n) is 4.71. The number of hydrogen-bond donors (Lipinski definition) is 0. The van der Waals surface area contributed by atoms with E-state index in [9.17, 15) is 0 Å². The number of rotatable bonds is 1. The molecule has 0 aliphatic carbocycles. The molecule has 0 aromatic carbocycles. The summed E-state index contributed by atoms with van der Waals surface area (Å²) in [6.07, 6.45) is 5.34. The van der Waals surface area contributed by atoms with Gasteiger partial charge < -0.3 is 0 Å². The Labute approximate surface area is 61.8 Å². The summed E-state index contributed by atoms with van der Waals surface area (Å²) in [6, 6.07) is 1.89. The highest BCUT2D eigenvalue weighted by molar-refractivity contribution is 9.11. The Morgan fingerprint density at radius 2 is 2.56 bits per heavy atom. The second kappa shape index (κ2) is 3.35. The number of H-pyrrole nitrogens is 1. The van der Waals surface area contributed by atoms with E-state index < -0.39 is 0 Å². The summed E-state index contributed by atoms with van der Waals surface area (Å²) in [5.41, 5.74) is 0.936. The van der Waals surface area contributed by atoms with Crippen molar-refractivity contribution >= 4 is 22.0 Å². The second-order valence-corrected chi connectivity index (χ2v) is 2.00. The molecule has 0 spiro atoms. The summed E-state index contributed by atoms with van der Waals surface area (Å²) >= 11 is 3.16. The van der Waals surface area contributed by atoms with Crippen molar-refractivity contribution in [3.8, 4) is 0 Å². The summed E-state index contributed by atoms with van der Waals surface area (Å²) < 4.78 is 0. The van der Waals surface area contributed by atoms with Gasteiger partial charge in [-0.25, -0.2) is 0 Å². The largest absolute Gasteiger partial charge is 0.284 e. The summed E-state index contributed by atoms with van der Waals surface area (Å²) in [5, 5.41) is 0. The van der Waals surface area contributed by atoms with Gasteiger partial charge in [0.05, 0.1) is 6.20 Å². The van der Waals surface area contributed by atoms with Crippen LogP contribution >= 0.6 is 15.9 Å². The molecule has 0 aliphatic heterocycles. The van der Waals surface area contributed by atoms with E-state index in [0.717, 1.165) is 5.69 Å². The molecule has 2 nitrogen and oxygen atoms in total. The highest BCUT2D eigenvalue weighted by atomic mass is 79.9. The molecular formula is C6H6BrN2+. The molecule has 0 saturated carbocycles. The number of halogens is 1. The quantitative estimate of drug-likeness (QED) is 0.648. The Morgan fingerprint density at radius 1 is 1.67 bits per heavy atom. The highest BCUT2D eigenvalue weighted by Gasteiger charge is 1.89. The van der Waals surface area contributed by atoms with Crippen LogP contribution in [0.15, 0.2) is 23.6 Å². The smallest absolute Gasteiger partial charge is 0.250 e. The molecule has 0 unspecified atom stereocenters. The van der Waals surface area contributed by atoms with Crippen molar-refractivity contribution in [3.05, 3.63) is 29.3 Å². The van der Waals surface area contributed by atoms with E-state index in [1.165, 1.54) is 0 Å². The topological polar surface area (TPSA) is 27.0 Å². The fourth-order valence-electron chi connectivity index (χ4n) is 0.494. The van der Waals surface area contributed by atoms with Gasteiger partial charge >= 0.3 is 0 Å². The van der Waals surface area contributed by atoms with E-state index in [2.05, 4.69) is 25.9 Å². The highest BCUT2D eigenvalue weighted by Crippen LogP contribution is 1.94. The van der Waals surface area contributed by atoms with E-state index >= 15 is 0 Å². The third kappa shape index (κ3) is 1.93. The van der Waals surface area contributed by atoms with E-state index in [4.69, 9.17) is 0 Å². The van der Waals surface area contributed by atoms with Gasteiger partial charge in [0.25, 0.3) is 6.33 Å². The minimum absolute atomic E-state index is 0.936. The van der Waals surface area contributed by atoms with Crippen LogP contribution in [-0.2, 0) is 0 Å². The van der Waals surface area contributed by atoms with Crippen molar-refractivity contribution in [2.24, 2.45) is 0 Å². The summed E-state index contributed by atoms with van der Waals surface area (Å²) in [7, 11) is 0. The molecule has 1 aromatic rings. The van der Waals surface area contributed by atoms with Crippen molar-refractivity contribution in [1.82, 2.24) is 4.98 Å². The molecule has 0 atom stereocenters. The minimum atomic E-state index is 0.936. The molecule has 3 heteroatoms. The zero-order chi connectivity index (χ0) is 6.53. The first-order chi connectivity index (χ1) is 4.43. The molecule has 0 amide bonds. The Morgan fingerprint density at radius 3 is 3.11 bits per heavy atom. The SMILES string of the molecule is BrC=Cc1cc[nH+]cn1. The van der Waals surface area contributed by atoms with E-state index in [1.807, 2.05) is 18.3 Å². The van der Waals surface area contributed by atoms with Gasteiger partial charge in [0.1, 0.15) is 0 Å². The van der Waals surface area contributed by atoms with Crippen LogP contribution in [0.2, 0.25) is 0 Å². The fraction of sp³-hybridized carbons (Fsp3) is 0. The predicted molar refractivity (Wildman–Crippen MR) is 38.8 cm³/mol. The number of nitrogens with one attached hydrogen (secondary N) is 1. The molecule has 9 heavy (non-hydrogen) atoms. The standard InChI is InChI=1S/C6H5BrN2/c7-3-1-6-2-4-8-5-9-6/h1-5H/p+1. The van der Waals surface area contributed by atoms with Gasteiger partial charge in [-0.1, -0.05) is 15.9 Å². The van der Waals surface area contributed by atoms with Gasteiger partial charge in [-0.15, -0.1) is 0 Å². The van der Waals surface area contributed by atoms with Crippen molar-refractivity contribution in [3.63, 3.8) is 0 Å². The first-order valence-electron chi connectivity index (χ1n) is 2.52. The average Bonchev–Trinajstić information content (AvgIpc) is 1.91. The zero-order valence-corrected chi connectivity index (χ0v) is 6.30. The minimum Gasteiger partial charge on any atom is -0.250 e. The van der Waals surface area contributed by atoms with Crippen LogP contribution in [0.4, 0.5) is 0 Å². The molecule has 1 N–H and O–H groups in total. The Balaban J connectivity index is 2.85. The first kappa shape index (κ1) is 6.42. The summed E-state index contributed by atoms with van der Waals surface area (Å²) in [5.74, 6) is 0. The summed E-state index contributed by atoms with van der Waals surface area (Å²) in [4.78, 5) is 8.60. The van der Waals surface area contributed by atoms with Crippen molar-refractivity contribution in [1.29, 1.82) is 0 Å². The fourth-order valence-corrected chi connectivity index (χ4v) is 0.765. The van der Waals surface area contributed by atoms with Crippen LogP contribution in [0.5, 0.6) is 0 Å². The maximum Gasteiger partial charge on any atom is 0.284 e. The Bertz CT molecular complexity index is 195.